The van der Waals surface area contributed by atoms with E-state index in [1.165, 1.54) is 0 Å². The molecule has 2 rings (SSSR count). The maximum Gasteiger partial charge on any atom is 0.0991 e. The second-order valence-electron chi connectivity index (χ2n) is 4.44. The highest BCUT2D eigenvalue weighted by atomic mass is 16.3. The summed E-state index contributed by atoms with van der Waals surface area (Å²) in [6.45, 7) is 2.72. The van der Waals surface area contributed by atoms with E-state index in [1.807, 2.05) is 17.9 Å². The molecule has 0 aromatic carbocycles. The maximum absolute atomic E-state index is 9.93. The first-order chi connectivity index (χ1) is 7.20. The van der Waals surface area contributed by atoms with Gasteiger partial charge in [-0.2, -0.15) is 0 Å². The van der Waals surface area contributed by atoms with E-state index in [0.29, 0.717) is 5.92 Å². The summed E-state index contributed by atoms with van der Waals surface area (Å²) in [5.74, 6) is 0.302. The van der Waals surface area contributed by atoms with Gasteiger partial charge >= 0.3 is 0 Å². The summed E-state index contributed by atoms with van der Waals surface area (Å²) >= 11 is 0. The number of rotatable bonds is 2. The Balaban J connectivity index is 2.18. The van der Waals surface area contributed by atoms with Gasteiger partial charge in [-0.05, 0) is 25.8 Å². The molecule has 0 saturated carbocycles. The summed E-state index contributed by atoms with van der Waals surface area (Å²) in [7, 11) is 0. The Morgan fingerprint density at radius 3 is 2.67 bits per heavy atom. The van der Waals surface area contributed by atoms with Crippen molar-refractivity contribution in [3.8, 4) is 0 Å². The average molecular weight is 213 g/mol. The van der Waals surface area contributed by atoms with E-state index in [-0.39, 0.29) is 18.7 Å². The molecule has 0 aromatic rings. The lowest BCUT2D eigenvalue weighted by atomic mass is 9.94. The lowest BCUT2D eigenvalue weighted by Gasteiger charge is -2.23. The number of hydrogen-bond donors (Lipinski definition) is 3. The molecule has 86 valence electrons. The minimum atomic E-state index is -0.812. The fourth-order valence-electron chi connectivity index (χ4n) is 3.00. The lowest BCUT2D eigenvalue weighted by molar-refractivity contribution is 0.0129. The second kappa shape index (κ2) is 4.22. The smallest absolute Gasteiger partial charge is 0.0991 e. The van der Waals surface area contributed by atoms with E-state index in [4.69, 9.17) is 0 Å². The third-order valence-electron chi connectivity index (χ3n) is 3.69. The highest BCUT2D eigenvalue weighted by molar-refractivity contribution is 5.11. The van der Waals surface area contributed by atoms with Crippen LogP contribution in [0, 0.1) is 5.92 Å². The summed E-state index contributed by atoms with van der Waals surface area (Å²) < 4.78 is 0. The molecule has 15 heavy (non-hydrogen) atoms. The van der Waals surface area contributed by atoms with Crippen LogP contribution in [0.5, 0.6) is 0 Å². The Morgan fingerprint density at radius 2 is 2.07 bits per heavy atom. The summed E-state index contributed by atoms with van der Waals surface area (Å²) in [6.07, 6.45) is 3.52. The van der Waals surface area contributed by atoms with Crippen molar-refractivity contribution in [3.05, 3.63) is 12.2 Å². The van der Waals surface area contributed by atoms with Crippen molar-refractivity contribution in [2.75, 3.05) is 13.2 Å². The molecule has 4 heteroatoms. The molecule has 0 aliphatic carbocycles. The molecule has 5 atom stereocenters. The molecule has 0 unspecified atom stereocenters. The van der Waals surface area contributed by atoms with Crippen molar-refractivity contribution in [1.29, 1.82) is 0 Å². The Morgan fingerprint density at radius 1 is 1.33 bits per heavy atom. The number of nitrogens with zero attached hydrogens (tertiary/aromatic N) is 1. The zero-order valence-electron chi connectivity index (χ0n) is 8.95. The third kappa shape index (κ3) is 1.61. The number of fused-ring (bicyclic) bond motifs is 1. The molecule has 4 nitrogen and oxygen atoms in total. The van der Waals surface area contributed by atoms with E-state index in [9.17, 15) is 15.3 Å². The summed E-state index contributed by atoms with van der Waals surface area (Å²) in [6, 6.07) is -0.311. The predicted molar refractivity (Wildman–Crippen MR) is 56.3 cm³/mol. The fraction of sp³-hybridized carbons (Fsp3) is 0.818. The highest BCUT2D eigenvalue weighted by Gasteiger charge is 2.52. The number of hydrogen-bond acceptors (Lipinski definition) is 4. The zero-order chi connectivity index (χ0) is 11.0. The van der Waals surface area contributed by atoms with E-state index in [1.54, 1.807) is 0 Å². The van der Waals surface area contributed by atoms with Crippen molar-refractivity contribution in [1.82, 2.24) is 4.90 Å². The van der Waals surface area contributed by atoms with Crippen LogP contribution in [0.3, 0.4) is 0 Å². The zero-order valence-corrected chi connectivity index (χ0v) is 8.95. The quantitative estimate of drug-likeness (QED) is 0.533. The van der Waals surface area contributed by atoms with Gasteiger partial charge in [0.05, 0.1) is 24.9 Å². The van der Waals surface area contributed by atoms with Crippen molar-refractivity contribution in [2.24, 2.45) is 5.92 Å². The van der Waals surface area contributed by atoms with Crippen LogP contribution in [0.25, 0.3) is 0 Å². The van der Waals surface area contributed by atoms with Crippen LogP contribution in [0.4, 0.5) is 0 Å². The normalized spacial score (nSPS) is 46.5. The number of aliphatic hydroxyl groups excluding tert-OH is 3. The second-order valence-corrected chi connectivity index (χ2v) is 4.44. The first-order valence-corrected chi connectivity index (χ1v) is 5.56. The van der Waals surface area contributed by atoms with Gasteiger partial charge in [0.1, 0.15) is 0 Å². The van der Waals surface area contributed by atoms with Crippen LogP contribution in [-0.2, 0) is 0 Å². The first kappa shape index (κ1) is 11.1. The van der Waals surface area contributed by atoms with Gasteiger partial charge in [-0.1, -0.05) is 12.2 Å². The Bertz CT molecular complexity index is 256. The highest BCUT2D eigenvalue weighted by Crippen LogP contribution is 2.37. The van der Waals surface area contributed by atoms with E-state index in [2.05, 4.69) is 6.08 Å². The number of allylic oxidation sites excluding steroid dienone is 1. The van der Waals surface area contributed by atoms with Gasteiger partial charge in [-0.15, -0.1) is 0 Å². The molecule has 0 bridgehead atoms. The topological polar surface area (TPSA) is 63.9 Å². The molecule has 2 heterocycles. The Labute approximate surface area is 89.8 Å². The van der Waals surface area contributed by atoms with E-state index in [0.717, 1.165) is 13.0 Å². The van der Waals surface area contributed by atoms with Crippen LogP contribution in [0.2, 0.25) is 0 Å². The largest absolute Gasteiger partial charge is 0.395 e. The maximum atomic E-state index is 9.93. The monoisotopic (exact) mass is 213 g/mol. The van der Waals surface area contributed by atoms with Gasteiger partial charge in [0, 0.05) is 6.04 Å². The molecule has 0 amide bonds. The van der Waals surface area contributed by atoms with Crippen LogP contribution >= 0.6 is 0 Å². The van der Waals surface area contributed by atoms with Crippen molar-refractivity contribution >= 4 is 0 Å². The lowest BCUT2D eigenvalue weighted by Crippen LogP contribution is -2.39. The van der Waals surface area contributed by atoms with Crippen molar-refractivity contribution in [2.45, 2.75) is 37.6 Å². The van der Waals surface area contributed by atoms with Gasteiger partial charge in [-0.25, -0.2) is 0 Å². The molecule has 2 aliphatic heterocycles. The summed E-state index contributed by atoms with van der Waals surface area (Å²) in [5.41, 5.74) is 0. The average Bonchev–Trinajstić information content (AvgIpc) is 2.71. The summed E-state index contributed by atoms with van der Waals surface area (Å²) in [4.78, 5) is 2.04. The minimum Gasteiger partial charge on any atom is -0.395 e. The fourth-order valence-corrected chi connectivity index (χ4v) is 3.00. The Kier molecular flexibility index (Phi) is 3.11. The van der Waals surface area contributed by atoms with Crippen LogP contribution in [0.1, 0.15) is 13.3 Å². The van der Waals surface area contributed by atoms with Crippen LogP contribution in [0.15, 0.2) is 12.2 Å². The van der Waals surface area contributed by atoms with Crippen molar-refractivity contribution in [3.63, 3.8) is 0 Å². The molecule has 0 radical (unpaired) electrons. The summed E-state index contributed by atoms with van der Waals surface area (Å²) in [5, 5.41) is 28.9. The van der Waals surface area contributed by atoms with Gasteiger partial charge in [0.25, 0.3) is 0 Å². The molecule has 2 saturated heterocycles. The van der Waals surface area contributed by atoms with Gasteiger partial charge in [0.2, 0.25) is 0 Å². The van der Waals surface area contributed by atoms with Crippen molar-refractivity contribution < 1.29 is 15.3 Å². The van der Waals surface area contributed by atoms with Gasteiger partial charge in [-0.3, -0.25) is 4.90 Å². The molecular formula is C11H19NO3. The molecular weight excluding hydrogens is 194 g/mol. The van der Waals surface area contributed by atoms with Crippen LogP contribution < -0.4 is 0 Å². The van der Waals surface area contributed by atoms with Gasteiger partial charge < -0.3 is 15.3 Å². The molecule has 2 aliphatic rings. The standard InChI is InChI=1S/C11H19NO3/c1-2-3-7-4-5-12-8(6-13)10(14)11(15)9(7)12/h2-3,7-11,13-15H,4-6H2,1H3/b3-2+/t7-,8-,9-,10+,11-/m0/s1. The number of aliphatic hydroxyl groups is 3. The van der Waals surface area contributed by atoms with E-state index < -0.39 is 12.2 Å². The predicted octanol–water partition coefficient (Wildman–Crippen LogP) is -0.651. The van der Waals surface area contributed by atoms with Crippen LogP contribution in [-0.4, -0.2) is 57.7 Å². The molecule has 2 fully saturated rings. The molecule has 0 aromatic heterocycles. The SMILES string of the molecule is C/C=C/[C@H]1CCN2[C@@H]1[C@H](O)[C@H](O)[C@@H]2CO. The van der Waals surface area contributed by atoms with E-state index >= 15 is 0 Å². The third-order valence-corrected chi connectivity index (χ3v) is 3.69. The Hall–Kier alpha value is -0.420. The molecule has 3 N–H and O–H groups in total. The minimum absolute atomic E-state index is 0.0200. The molecule has 0 spiro atoms. The van der Waals surface area contributed by atoms with Gasteiger partial charge in [0.15, 0.2) is 0 Å². The first-order valence-electron chi connectivity index (χ1n) is 5.56.